The van der Waals surface area contributed by atoms with Crippen molar-refractivity contribution in [3.8, 4) is 0 Å². The molecule has 21 heavy (non-hydrogen) atoms. The fraction of sp³-hybridized carbons (Fsp3) is 0.833. The lowest BCUT2D eigenvalue weighted by Gasteiger charge is -2.30. The Hall–Kier alpha value is -0.830. The largest absolute Gasteiger partial charge is 0.389 e. The molecule has 1 aliphatic carbocycles. The zero-order chi connectivity index (χ0) is 15.7. The molecule has 2 rings (SSSR count). The van der Waals surface area contributed by atoms with E-state index in [1.807, 2.05) is 10.9 Å². The SMILES string of the molecule is CC(C)n1ccc(CC2(O)CCCC(C(C)(C)C)CC2)n1. The van der Waals surface area contributed by atoms with Gasteiger partial charge in [-0.15, -0.1) is 0 Å². The molecule has 2 unspecified atom stereocenters. The summed E-state index contributed by atoms with van der Waals surface area (Å²) in [4.78, 5) is 0. The first-order chi connectivity index (χ1) is 9.70. The van der Waals surface area contributed by atoms with E-state index < -0.39 is 5.60 Å². The van der Waals surface area contributed by atoms with Crippen molar-refractivity contribution in [2.24, 2.45) is 11.3 Å². The summed E-state index contributed by atoms with van der Waals surface area (Å²) >= 11 is 0. The van der Waals surface area contributed by atoms with E-state index in [0.29, 0.717) is 17.9 Å². The third-order valence-corrected chi connectivity index (χ3v) is 5.08. The van der Waals surface area contributed by atoms with Gasteiger partial charge in [-0.3, -0.25) is 4.68 Å². The normalized spacial score (nSPS) is 27.9. The van der Waals surface area contributed by atoms with E-state index in [0.717, 1.165) is 37.3 Å². The Morgan fingerprint density at radius 1 is 1.33 bits per heavy atom. The molecule has 0 aromatic carbocycles. The summed E-state index contributed by atoms with van der Waals surface area (Å²) in [5.41, 5.74) is 0.820. The van der Waals surface area contributed by atoms with Crippen molar-refractivity contribution in [1.82, 2.24) is 9.78 Å². The third kappa shape index (κ3) is 4.32. The molecule has 0 spiro atoms. The van der Waals surface area contributed by atoms with Crippen LogP contribution in [0.4, 0.5) is 0 Å². The maximum atomic E-state index is 11.0. The Morgan fingerprint density at radius 2 is 2.05 bits per heavy atom. The third-order valence-electron chi connectivity index (χ3n) is 5.08. The first-order valence-electron chi connectivity index (χ1n) is 8.46. The maximum Gasteiger partial charge on any atom is 0.0703 e. The highest BCUT2D eigenvalue weighted by molar-refractivity contribution is 5.05. The predicted octanol–water partition coefficient (Wildman–Crippen LogP) is 4.36. The van der Waals surface area contributed by atoms with Gasteiger partial charge in [0.15, 0.2) is 0 Å². The van der Waals surface area contributed by atoms with E-state index in [4.69, 9.17) is 0 Å². The number of nitrogens with zero attached hydrogens (tertiary/aromatic N) is 2. The van der Waals surface area contributed by atoms with Crippen LogP contribution in [0, 0.1) is 11.3 Å². The molecule has 0 bridgehead atoms. The minimum absolute atomic E-state index is 0.352. The van der Waals surface area contributed by atoms with Crippen molar-refractivity contribution in [3.05, 3.63) is 18.0 Å². The highest BCUT2D eigenvalue weighted by Crippen LogP contribution is 2.40. The van der Waals surface area contributed by atoms with Gasteiger partial charge in [-0.2, -0.15) is 5.10 Å². The van der Waals surface area contributed by atoms with E-state index in [1.165, 1.54) is 6.42 Å². The number of hydrogen-bond donors (Lipinski definition) is 1. The molecule has 0 saturated heterocycles. The van der Waals surface area contributed by atoms with Crippen LogP contribution in [-0.2, 0) is 6.42 Å². The first-order valence-corrected chi connectivity index (χ1v) is 8.46. The molecule has 1 aromatic heterocycles. The second-order valence-electron chi connectivity index (χ2n) is 8.28. The van der Waals surface area contributed by atoms with E-state index in [1.54, 1.807) is 0 Å². The molecule has 1 aromatic rings. The fourth-order valence-electron chi connectivity index (χ4n) is 3.53. The number of aromatic nitrogens is 2. The Bertz CT molecular complexity index is 458. The summed E-state index contributed by atoms with van der Waals surface area (Å²) in [7, 11) is 0. The highest BCUT2D eigenvalue weighted by atomic mass is 16.3. The van der Waals surface area contributed by atoms with Gasteiger partial charge in [0, 0.05) is 18.7 Å². The molecule has 1 fully saturated rings. The van der Waals surface area contributed by atoms with Crippen molar-refractivity contribution < 1.29 is 5.11 Å². The molecule has 0 amide bonds. The molecule has 1 N–H and O–H groups in total. The molecule has 1 aliphatic rings. The molecule has 3 heteroatoms. The van der Waals surface area contributed by atoms with Gasteiger partial charge in [-0.05, 0) is 56.9 Å². The number of aliphatic hydroxyl groups is 1. The zero-order valence-corrected chi connectivity index (χ0v) is 14.4. The van der Waals surface area contributed by atoms with Crippen LogP contribution in [-0.4, -0.2) is 20.5 Å². The number of rotatable bonds is 3. The van der Waals surface area contributed by atoms with Crippen molar-refractivity contribution >= 4 is 0 Å². The minimum Gasteiger partial charge on any atom is -0.389 e. The summed E-state index contributed by atoms with van der Waals surface area (Å²) in [6, 6.07) is 2.44. The number of hydrogen-bond acceptors (Lipinski definition) is 2. The summed E-state index contributed by atoms with van der Waals surface area (Å²) in [6.07, 6.45) is 8.04. The zero-order valence-electron chi connectivity index (χ0n) is 14.4. The average Bonchev–Trinajstić information content (AvgIpc) is 2.71. The van der Waals surface area contributed by atoms with Gasteiger partial charge in [-0.25, -0.2) is 0 Å². The first kappa shape index (κ1) is 16.5. The molecule has 120 valence electrons. The lowest BCUT2D eigenvalue weighted by molar-refractivity contribution is 0.0215. The standard InChI is InChI=1S/C18H32N2O/c1-14(2)20-12-9-16(19-20)13-18(21)10-6-7-15(8-11-18)17(3,4)5/h9,12,14-15,21H,6-8,10-11,13H2,1-5H3. The molecular weight excluding hydrogens is 260 g/mol. The maximum absolute atomic E-state index is 11.0. The van der Waals surface area contributed by atoms with Crippen molar-refractivity contribution in [3.63, 3.8) is 0 Å². The minimum atomic E-state index is -0.559. The molecule has 3 nitrogen and oxygen atoms in total. The Morgan fingerprint density at radius 3 is 2.62 bits per heavy atom. The monoisotopic (exact) mass is 292 g/mol. The average molecular weight is 292 g/mol. The molecule has 1 saturated carbocycles. The lowest BCUT2D eigenvalue weighted by Crippen LogP contribution is -2.31. The van der Waals surface area contributed by atoms with Gasteiger partial charge in [0.1, 0.15) is 0 Å². The van der Waals surface area contributed by atoms with Crippen LogP contribution in [0.3, 0.4) is 0 Å². The van der Waals surface area contributed by atoms with Gasteiger partial charge in [0.2, 0.25) is 0 Å². The van der Waals surface area contributed by atoms with Gasteiger partial charge in [0.25, 0.3) is 0 Å². The highest BCUT2D eigenvalue weighted by Gasteiger charge is 2.35. The van der Waals surface area contributed by atoms with Crippen LogP contribution >= 0.6 is 0 Å². The van der Waals surface area contributed by atoms with Gasteiger partial charge in [0.05, 0.1) is 11.3 Å². The van der Waals surface area contributed by atoms with Gasteiger partial charge < -0.3 is 5.11 Å². The summed E-state index contributed by atoms with van der Waals surface area (Å²) in [5, 5.41) is 15.6. The smallest absolute Gasteiger partial charge is 0.0703 e. The topological polar surface area (TPSA) is 38.0 Å². The van der Waals surface area contributed by atoms with Crippen LogP contribution in [0.5, 0.6) is 0 Å². The van der Waals surface area contributed by atoms with E-state index >= 15 is 0 Å². The van der Waals surface area contributed by atoms with Crippen molar-refractivity contribution in [1.29, 1.82) is 0 Å². The van der Waals surface area contributed by atoms with Crippen LogP contribution in [0.2, 0.25) is 0 Å². The summed E-state index contributed by atoms with van der Waals surface area (Å²) < 4.78 is 1.98. The van der Waals surface area contributed by atoms with E-state index in [-0.39, 0.29) is 0 Å². The van der Waals surface area contributed by atoms with Gasteiger partial charge in [-0.1, -0.05) is 27.2 Å². The molecule has 0 aliphatic heterocycles. The quantitative estimate of drug-likeness (QED) is 0.840. The molecule has 0 radical (unpaired) electrons. The van der Waals surface area contributed by atoms with Crippen molar-refractivity contribution in [2.75, 3.05) is 0 Å². The Kier molecular flexibility index (Phi) is 4.82. The summed E-state index contributed by atoms with van der Waals surface area (Å²) in [5.74, 6) is 0.722. The van der Waals surface area contributed by atoms with Crippen LogP contribution in [0.25, 0.3) is 0 Å². The lowest BCUT2D eigenvalue weighted by atomic mass is 9.76. The van der Waals surface area contributed by atoms with Crippen LogP contribution in [0.1, 0.15) is 78.5 Å². The fourth-order valence-corrected chi connectivity index (χ4v) is 3.53. The van der Waals surface area contributed by atoms with E-state index in [2.05, 4.69) is 45.8 Å². The molecule has 2 atom stereocenters. The van der Waals surface area contributed by atoms with Crippen LogP contribution in [0.15, 0.2) is 12.3 Å². The Labute approximate surface area is 129 Å². The second-order valence-corrected chi connectivity index (χ2v) is 8.28. The molecular formula is C18H32N2O. The van der Waals surface area contributed by atoms with Crippen molar-refractivity contribution in [2.45, 2.75) is 84.8 Å². The van der Waals surface area contributed by atoms with Gasteiger partial charge >= 0.3 is 0 Å². The summed E-state index contributed by atoms with van der Waals surface area (Å²) in [6.45, 7) is 11.2. The predicted molar refractivity (Wildman–Crippen MR) is 87.3 cm³/mol. The Balaban J connectivity index is 2.01. The molecule has 1 heterocycles. The van der Waals surface area contributed by atoms with Crippen LogP contribution < -0.4 is 0 Å². The second kappa shape index (κ2) is 6.12. The van der Waals surface area contributed by atoms with E-state index in [9.17, 15) is 5.11 Å².